The van der Waals surface area contributed by atoms with Gasteiger partial charge in [-0.2, -0.15) is 4.98 Å². The molecule has 0 aliphatic carbocycles. The van der Waals surface area contributed by atoms with Crippen molar-refractivity contribution in [2.45, 2.75) is 38.3 Å². The zero-order valence-corrected chi connectivity index (χ0v) is 18.6. The number of nitrogens with one attached hydrogen (secondary N) is 1. The van der Waals surface area contributed by atoms with Crippen molar-refractivity contribution in [1.82, 2.24) is 30.2 Å². The number of amides is 4. The molecule has 3 aliphatic rings. The molecule has 1 atom stereocenters. The maximum absolute atomic E-state index is 13.3. The summed E-state index contributed by atoms with van der Waals surface area (Å²) in [5, 5.41) is 6.31. The minimum absolute atomic E-state index is 0.0817. The van der Waals surface area contributed by atoms with Crippen LogP contribution >= 0.6 is 11.3 Å². The van der Waals surface area contributed by atoms with Gasteiger partial charge in [-0.05, 0) is 31.4 Å². The molecule has 1 saturated heterocycles. The van der Waals surface area contributed by atoms with Crippen LogP contribution in [0, 0.1) is 0 Å². The highest BCUT2D eigenvalue weighted by Gasteiger charge is 2.48. The molecule has 1 aromatic carbocycles. The summed E-state index contributed by atoms with van der Waals surface area (Å²) >= 11 is 1.52. The molecule has 3 aliphatic heterocycles. The van der Waals surface area contributed by atoms with E-state index < -0.39 is 29.7 Å². The fourth-order valence-electron chi connectivity index (χ4n) is 4.72. The third kappa shape index (κ3) is 3.21. The number of carbonyl (C=O) groups excluding carboxylic acids is 4. The summed E-state index contributed by atoms with van der Waals surface area (Å²) in [6.07, 6.45) is 1.32. The smallest absolute Gasteiger partial charge is 0.278 e. The van der Waals surface area contributed by atoms with Gasteiger partial charge in [-0.1, -0.05) is 11.2 Å². The summed E-state index contributed by atoms with van der Waals surface area (Å²) in [4.78, 5) is 61.8. The van der Waals surface area contributed by atoms with E-state index in [4.69, 9.17) is 4.52 Å². The van der Waals surface area contributed by atoms with Gasteiger partial charge in [0.2, 0.25) is 23.5 Å². The maximum atomic E-state index is 13.3. The van der Waals surface area contributed by atoms with Gasteiger partial charge >= 0.3 is 0 Å². The Morgan fingerprint density at radius 3 is 2.88 bits per heavy atom. The van der Waals surface area contributed by atoms with Crippen molar-refractivity contribution in [2.24, 2.45) is 0 Å². The molecule has 0 spiro atoms. The Morgan fingerprint density at radius 2 is 2.03 bits per heavy atom. The Kier molecular flexibility index (Phi) is 4.76. The standard InChI is InChI=1S/C22H18N6O5S/c29-15-7-6-13(20(30)24-15)28-21(31)12-4-2-8-27(18(12)22(28)32)9-16-25-19(26-33-16)11-3-1-5-14-17(11)23-10-34-14/h1,3,5,10,13H,2,4,6-9H2,(H,24,29,30). The first-order valence-electron chi connectivity index (χ1n) is 10.9. The summed E-state index contributed by atoms with van der Waals surface area (Å²) in [6.45, 7) is 0.682. The molecule has 1 N–H and O–H groups in total. The van der Waals surface area contributed by atoms with E-state index in [0.29, 0.717) is 36.7 Å². The number of carbonyl (C=O) groups is 4. The van der Waals surface area contributed by atoms with E-state index in [1.165, 1.54) is 11.3 Å². The van der Waals surface area contributed by atoms with Gasteiger partial charge in [0.15, 0.2) is 0 Å². The lowest BCUT2D eigenvalue weighted by molar-refractivity contribution is -0.150. The van der Waals surface area contributed by atoms with Crippen molar-refractivity contribution in [2.75, 3.05) is 6.54 Å². The van der Waals surface area contributed by atoms with Crippen LogP contribution in [0.25, 0.3) is 21.6 Å². The van der Waals surface area contributed by atoms with Crippen LogP contribution < -0.4 is 5.32 Å². The lowest BCUT2D eigenvalue weighted by atomic mass is 10.0. The molecule has 1 unspecified atom stereocenters. The number of piperidine rings is 1. The van der Waals surface area contributed by atoms with E-state index in [2.05, 4.69) is 20.4 Å². The van der Waals surface area contributed by atoms with Gasteiger partial charge in [0, 0.05) is 24.1 Å². The van der Waals surface area contributed by atoms with Gasteiger partial charge in [-0.25, -0.2) is 4.98 Å². The predicted octanol–water partition coefficient (Wildman–Crippen LogP) is 1.37. The zero-order valence-electron chi connectivity index (χ0n) is 17.8. The summed E-state index contributed by atoms with van der Waals surface area (Å²) in [5.74, 6) is -1.32. The second-order valence-corrected chi connectivity index (χ2v) is 9.20. The molecule has 11 nitrogen and oxygen atoms in total. The molecule has 0 bridgehead atoms. The molecule has 34 heavy (non-hydrogen) atoms. The monoisotopic (exact) mass is 478 g/mol. The normalized spacial score (nSPS) is 21.0. The number of imide groups is 2. The van der Waals surface area contributed by atoms with Gasteiger partial charge in [-0.3, -0.25) is 29.4 Å². The quantitative estimate of drug-likeness (QED) is 0.551. The number of hydrogen-bond donors (Lipinski definition) is 1. The molecule has 12 heteroatoms. The van der Waals surface area contributed by atoms with Crippen LogP contribution in [0.4, 0.5) is 0 Å². The van der Waals surface area contributed by atoms with Crippen LogP contribution in [0.2, 0.25) is 0 Å². The average molecular weight is 478 g/mol. The SMILES string of the molecule is O=C1CCC(N2C(=O)C3=C(C2=O)N(Cc2nc(-c4cccc5scnc45)no2)CCC3)C(=O)N1. The van der Waals surface area contributed by atoms with Gasteiger partial charge in [-0.15, -0.1) is 11.3 Å². The Balaban J connectivity index is 1.26. The van der Waals surface area contributed by atoms with E-state index in [9.17, 15) is 19.2 Å². The van der Waals surface area contributed by atoms with Gasteiger partial charge < -0.3 is 9.42 Å². The summed E-state index contributed by atoms with van der Waals surface area (Å²) in [6, 6.07) is 4.75. The topological polar surface area (TPSA) is 139 Å². The number of thiazole rings is 1. The van der Waals surface area contributed by atoms with Crippen molar-refractivity contribution < 1.29 is 23.7 Å². The second-order valence-electron chi connectivity index (χ2n) is 8.32. The molecule has 172 valence electrons. The molecule has 0 radical (unpaired) electrons. The van der Waals surface area contributed by atoms with Crippen molar-refractivity contribution in [1.29, 1.82) is 0 Å². The number of aromatic nitrogens is 3. The minimum atomic E-state index is -0.987. The molecular formula is C22H18N6O5S. The zero-order chi connectivity index (χ0) is 23.4. The first-order chi connectivity index (χ1) is 16.5. The average Bonchev–Trinajstić information content (AvgIpc) is 3.54. The van der Waals surface area contributed by atoms with Crippen LogP contribution in [0.3, 0.4) is 0 Å². The van der Waals surface area contributed by atoms with E-state index in [1.807, 2.05) is 18.2 Å². The third-order valence-corrected chi connectivity index (χ3v) is 7.07. The van der Waals surface area contributed by atoms with Crippen LogP contribution in [-0.2, 0) is 25.7 Å². The van der Waals surface area contributed by atoms with E-state index in [0.717, 1.165) is 20.7 Å². The fourth-order valence-corrected chi connectivity index (χ4v) is 5.42. The van der Waals surface area contributed by atoms with Crippen molar-refractivity contribution in [3.05, 3.63) is 40.9 Å². The number of rotatable bonds is 4. The largest absolute Gasteiger partial charge is 0.357 e. The number of hydrogen-bond acceptors (Lipinski definition) is 10. The summed E-state index contributed by atoms with van der Waals surface area (Å²) in [5.41, 5.74) is 3.95. The van der Waals surface area contributed by atoms with Gasteiger partial charge in [0.25, 0.3) is 11.8 Å². The first-order valence-corrected chi connectivity index (χ1v) is 11.7. The molecule has 1 fully saturated rings. The number of nitrogens with zero attached hydrogens (tertiary/aromatic N) is 5. The Bertz CT molecular complexity index is 1410. The summed E-state index contributed by atoms with van der Waals surface area (Å²) < 4.78 is 6.48. The molecule has 4 amide bonds. The van der Waals surface area contributed by atoms with Crippen molar-refractivity contribution >= 4 is 45.2 Å². The summed E-state index contributed by atoms with van der Waals surface area (Å²) in [7, 11) is 0. The first kappa shape index (κ1) is 20.7. The van der Waals surface area contributed by atoms with Crippen molar-refractivity contribution in [3.63, 3.8) is 0 Å². The van der Waals surface area contributed by atoms with Crippen LogP contribution in [0.15, 0.2) is 39.5 Å². The highest BCUT2D eigenvalue weighted by molar-refractivity contribution is 7.16. The maximum Gasteiger partial charge on any atom is 0.278 e. The van der Waals surface area contributed by atoms with E-state index in [1.54, 1.807) is 10.4 Å². The Hall–Kier alpha value is -3.93. The highest BCUT2D eigenvalue weighted by atomic mass is 32.1. The molecule has 6 rings (SSSR count). The number of fused-ring (bicyclic) bond motifs is 1. The van der Waals surface area contributed by atoms with Gasteiger partial charge in [0.05, 0.1) is 22.3 Å². The number of para-hydroxylation sites is 1. The van der Waals surface area contributed by atoms with Crippen LogP contribution in [0.1, 0.15) is 31.6 Å². The molecule has 5 heterocycles. The Labute approximate surface area is 196 Å². The van der Waals surface area contributed by atoms with E-state index in [-0.39, 0.29) is 25.1 Å². The van der Waals surface area contributed by atoms with Crippen LogP contribution in [-0.4, -0.2) is 61.1 Å². The predicted molar refractivity (Wildman–Crippen MR) is 118 cm³/mol. The van der Waals surface area contributed by atoms with E-state index >= 15 is 0 Å². The number of benzene rings is 1. The molecule has 3 aromatic rings. The third-order valence-electron chi connectivity index (χ3n) is 6.27. The van der Waals surface area contributed by atoms with Crippen molar-refractivity contribution in [3.8, 4) is 11.4 Å². The van der Waals surface area contributed by atoms with Gasteiger partial charge in [0.1, 0.15) is 11.7 Å². The minimum Gasteiger partial charge on any atom is -0.357 e. The molecule has 0 saturated carbocycles. The Morgan fingerprint density at radius 1 is 1.15 bits per heavy atom. The second kappa shape index (κ2) is 7.83. The molecular weight excluding hydrogens is 460 g/mol. The lowest BCUT2D eigenvalue weighted by Gasteiger charge is -2.29. The van der Waals surface area contributed by atoms with Crippen LogP contribution in [0.5, 0.6) is 0 Å². The molecule has 2 aromatic heterocycles. The lowest BCUT2D eigenvalue weighted by Crippen LogP contribution is -2.55. The highest BCUT2D eigenvalue weighted by Crippen LogP contribution is 2.35. The fraction of sp³-hybridized carbons (Fsp3) is 0.318.